The van der Waals surface area contributed by atoms with Crippen LogP contribution in [0.25, 0.3) is 0 Å². The molecule has 1 aromatic carbocycles. The third-order valence-corrected chi connectivity index (χ3v) is 2.16. The summed E-state index contributed by atoms with van der Waals surface area (Å²) in [5.74, 6) is 0. The molecule has 1 aromatic rings. The monoisotopic (exact) mass is 148 g/mol. The predicted octanol–water partition coefficient (Wildman–Crippen LogP) is 1.30. The van der Waals surface area contributed by atoms with Crippen LogP contribution in [0.4, 0.5) is 5.69 Å². The molecule has 2 nitrogen and oxygen atoms in total. The van der Waals surface area contributed by atoms with Crippen LogP contribution in [-0.4, -0.2) is 6.54 Å². The van der Waals surface area contributed by atoms with Crippen molar-refractivity contribution in [3.8, 4) is 0 Å². The quantitative estimate of drug-likeness (QED) is 0.589. The first-order valence-electron chi connectivity index (χ1n) is 3.95. The molecule has 1 aliphatic rings. The van der Waals surface area contributed by atoms with Crippen molar-refractivity contribution in [3.63, 3.8) is 0 Å². The fourth-order valence-corrected chi connectivity index (χ4v) is 1.30. The van der Waals surface area contributed by atoms with Gasteiger partial charge in [0.15, 0.2) is 0 Å². The second-order valence-corrected chi connectivity index (χ2v) is 2.96. The van der Waals surface area contributed by atoms with Crippen LogP contribution in [0.3, 0.4) is 0 Å². The van der Waals surface area contributed by atoms with Crippen LogP contribution in [0, 0.1) is 0 Å². The van der Waals surface area contributed by atoms with Gasteiger partial charge in [-0.05, 0) is 30.7 Å². The molecule has 2 rings (SSSR count). The molecular formula is C9H12N2. The summed E-state index contributed by atoms with van der Waals surface area (Å²) in [6.07, 6.45) is 1.25. The number of nitrogens with one attached hydrogen (secondary N) is 1. The van der Waals surface area contributed by atoms with Crippen molar-refractivity contribution < 1.29 is 0 Å². The SMILES string of the molecule is Nc1ccc([C@H]2CCN2)cc1. The first kappa shape index (κ1) is 6.68. The molecule has 1 heterocycles. The molecule has 0 saturated carbocycles. The Kier molecular flexibility index (Phi) is 1.55. The zero-order valence-electron chi connectivity index (χ0n) is 6.38. The molecule has 1 saturated heterocycles. The summed E-state index contributed by atoms with van der Waals surface area (Å²) in [5.41, 5.74) is 7.76. The van der Waals surface area contributed by atoms with Crippen LogP contribution in [0.2, 0.25) is 0 Å². The molecule has 0 aliphatic carbocycles. The molecule has 1 fully saturated rings. The highest BCUT2D eigenvalue weighted by Gasteiger charge is 2.17. The maximum atomic E-state index is 5.57. The van der Waals surface area contributed by atoms with E-state index in [0.717, 1.165) is 12.2 Å². The van der Waals surface area contributed by atoms with Crippen molar-refractivity contribution in [2.45, 2.75) is 12.5 Å². The summed E-state index contributed by atoms with van der Waals surface area (Å²) in [6.45, 7) is 1.15. The van der Waals surface area contributed by atoms with Gasteiger partial charge in [0.2, 0.25) is 0 Å². The smallest absolute Gasteiger partial charge is 0.0332 e. The van der Waals surface area contributed by atoms with Crippen molar-refractivity contribution in [2.24, 2.45) is 0 Å². The Bertz CT molecular complexity index is 236. The molecule has 11 heavy (non-hydrogen) atoms. The molecule has 58 valence electrons. The maximum absolute atomic E-state index is 5.57. The third-order valence-electron chi connectivity index (χ3n) is 2.16. The van der Waals surface area contributed by atoms with E-state index in [-0.39, 0.29) is 0 Å². The Morgan fingerprint density at radius 1 is 1.27 bits per heavy atom. The van der Waals surface area contributed by atoms with E-state index in [2.05, 4.69) is 17.4 Å². The van der Waals surface area contributed by atoms with Crippen LogP contribution in [0.1, 0.15) is 18.0 Å². The van der Waals surface area contributed by atoms with Crippen LogP contribution in [0.5, 0.6) is 0 Å². The summed E-state index contributed by atoms with van der Waals surface area (Å²) < 4.78 is 0. The first-order valence-corrected chi connectivity index (χ1v) is 3.95. The lowest BCUT2D eigenvalue weighted by molar-refractivity contribution is 0.383. The van der Waals surface area contributed by atoms with E-state index >= 15 is 0 Å². The van der Waals surface area contributed by atoms with Gasteiger partial charge in [0.1, 0.15) is 0 Å². The standard InChI is InChI=1S/C9H12N2/c10-8-3-1-7(2-4-8)9-5-6-11-9/h1-4,9,11H,5-6,10H2/t9-/m1/s1. The number of rotatable bonds is 1. The molecule has 0 radical (unpaired) electrons. The normalized spacial score (nSPS) is 22.7. The molecule has 0 aromatic heterocycles. The molecular weight excluding hydrogens is 136 g/mol. The number of benzene rings is 1. The lowest BCUT2D eigenvalue weighted by Gasteiger charge is -2.27. The number of nitrogens with two attached hydrogens (primary N) is 1. The van der Waals surface area contributed by atoms with Crippen molar-refractivity contribution >= 4 is 5.69 Å². The Hall–Kier alpha value is -1.02. The van der Waals surface area contributed by atoms with E-state index in [1.54, 1.807) is 0 Å². The van der Waals surface area contributed by atoms with Gasteiger partial charge in [-0.15, -0.1) is 0 Å². The topological polar surface area (TPSA) is 38.0 Å². The predicted molar refractivity (Wildman–Crippen MR) is 46.2 cm³/mol. The van der Waals surface area contributed by atoms with Gasteiger partial charge in [0.25, 0.3) is 0 Å². The first-order chi connectivity index (χ1) is 5.36. The van der Waals surface area contributed by atoms with Crippen molar-refractivity contribution in [1.82, 2.24) is 5.32 Å². The molecule has 2 heteroatoms. The Labute approximate surface area is 66.4 Å². The minimum Gasteiger partial charge on any atom is -0.399 e. The minimum atomic E-state index is 0.579. The number of hydrogen-bond donors (Lipinski definition) is 2. The zero-order valence-corrected chi connectivity index (χ0v) is 6.38. The Morgan fingerprint density at radius 3 is 2.36 bits per heavy atom. The van der Waals surface area contributed by atoms with Crippen molar-refractivity contribution in [3.05, 3.63) is 29.8 Å². The molecule has 1 atom stereocenters. The highest BCUT2D eigenvalue weighted by atomic mass is 15.0. The van der Waals surface area contributed by atoms with E-state index in [1.807, 2.05) is 12.1 Å². The molecule has 0 bridgehead atoms. The van der Waals surface area contributed by atoms with Gasteiger partial charge < -0.3 is 11.1 Å². The van der Waals surface area contributed by atoms with Gasteiger partial charge in [0, 0.05) is 11.7 Å². The summed E-state index contributed by atoms with van der Waals surface area (Å²) in [4.78, 5) is 0. The van der Waals surface area contributed by atoms with Crippen LogP contribution >= 0.6 is 0 Å². The highest BCUT2D eigenvalue weighted by molar-refractivity contribution is 5.40. The van der Waals surface area contributed by atoms with Crippen LogP contribution in [0.15, 0.2) is 24.3 Å². The number of anilines is 1. The van der Waals surface area contributed by atoms with Gasteiger partial charge in [-0.2, -0.15) is 0 Å². The number of hydrogen-bond acceptors (Lipinski definition) is 2. The van der Waals surface area contributed by atoms with Gasteiger partial charge in [-0.25, -0.2) is 0 Å². The van der Waals surface area contributed by atoms with Crippen LogP contribution in [-0.2, 0) is 0 Å². The summed E-state index contributed by atoms with van der Waals surface area (Å²) >= 11 is 0. The maximum Gasteiger partial charge on any atom is 0.0332 e. The highest BCUT2D eigenvalue weighted by Crippen LogP contribution is 2.22. The second kappa shape index (κ2) is 2.55. The summed E-state index contributed by atoms with van der Waals surface area (Å²) in [5, 5.41) is 3.34. The van der Waals surface area contributed by atoms with Gasteiger partial charge >= 0.3 is 0 Å². The summed E-state index contributed by atoms with van der Waals surface area (Å²) in [7, 11) is 0. The average molecular weight is 148 g/mol. The minimum absolute atomic E-state index is 0.579. The van der Waals surface area contributed by atoms with E-state index < -0.39 is 0 Å². The number of nitrogen functional groups attached to an aromatic ring is 1. The van der Waals surface area contributed by atoms with Gasteiger partial charge in [-0.1, -0.05) is 12.1 Å². The largest absolute Gasteiger partial charge is 0.399 e. The zero-order chi connectivity index (χ0) is 7.68. The molecule has 1 aliphatic heterocycles. The Balaban J connectivity index is 2.18. The van der Waals surface area contributed by atoms with E-state index in [9.17, 15) is 0 Å². The van der Waals surface area contributed by atoms with Crippen molar-refractivity contribution in [1.29, 1.82) is 0 Å². The average Bonchev–Trinajstić information content (AvgIpc) is 1.90. The lowest BCUT2D eigenvalue weighted by atomic mass is 9.98. The second-order valence-electron chi connectivity index (χ2n) is 2.96. The van der Waals surface area contributed by atoms with E-state index in [1.165, 1.54) is 12.0 Å². The Morgan fingerprint density at radius 2 is 1.91 bits per heavy atom. The fourth-order valence-electron chi connectivity index (χ4n) is 1.30. The fraction of sp³-hybridized carbons (Fsp3) is 0.333. The lowest BCUT2D eigenvalue weighted by Crippen LogP contribution is -2.34. The van der Waals surface area contributed by atoms with E-state index in [4.69, 9.17) is 5.73 Å². The molecule has 3 N–H and O–H groups in total. The molecule has 0 unspecified atom stereocenters. The van der Waals surface area contributed by atoms with Gasteiger partial charge in [0.05, 0.1) is 0 Å². The van der Waals surface area contributed by atoms with Crippen LogP contribution < -0.4 is 11.1 Å². The molecule has 0 amide bonds. The summed E-state index contributed by atoms with van der Waals surface area (Å²) in [6, 6.07) is 8.67. The van der Waals surface area contributed by atoms with Gasteiger partial charge in [-0.3, -0.25) is 0 Å². The van der Waals surface area contributed by atoms with Crippen molar-refractivity contribution in [2.75, 3.05) is 12.3 Å². The van der Waals surface area contributed by atoms with E-state index in [0.29, 0.717) is 6.04 Å². The third kappa shape index (κ3) is 1.21. The molecule has 0 spiro atoms.